The van der Waals surface area contributed by atoms with Crippen LogP contribution in [-0.2, 0) is 17.4 Å². The van der Waals surface area contributed by atoms with Crippen molar-refractivity contribution in [3.05, 3.63) is 84.7 Å². The quantitative estimate of drug-likeness (QED) is 0.111. The third-order valence-corrected chi connectivity index (χ3v) is 9.70. The Morgan fingerprint density at radius 3 is 2.00 bits per heavy atom. The Hall–Kier alpha value is -7.00. The number of carbonyl (C=O) groups excluding carboxylic acids is 2. The zero-order valence-electron chi connectivity index (χ0n) is 30.2. The number of hydrogen-bond acceptors (Lipinski definition) is 12. The molecule has 6 heterocycles. The highest BCUT2D eigenvalue weighted by Crippen LogP contribution is 2.39. The van der Waals surface area contributed by atoms with E-state index in [1.807, 2.05) is 18.2 Å². The van der Waals surface area contributed by atoms with Crippen molar-refractivity contribution in [1.82, 2.24) is 35.2 Å². The number of rotatable bonds is 7. The molecule has 0 aromatic carbocycles. The molecule has 15 nitrogen and oxygen atoms in total. The largest absolute Gasteiger partial charge is 0.417 e. The number of urea groups is 1. The number of nitriles is 1. The SMILES string of the molecule is CCc1ccncc1-c1cc2cc(NC(=O)NC3CC(O)C3)ncc2c(N)n1.N#C[C@@H]1C[C@H]1C(=O)Nc1cc2cc(-c3cnccc3C(F)(F)F)nc(N)c2cn1. The highest BCUT2D eigenvalue weighted by Gasteiger charge is 2.43. The lowest BCUT2D eigenvalue weighted by Gasteiger charge is -2.31. The van der Waals surface area contributed by atoms with Crippen molar-refractivity contribution in [1.29, 1.82) is 5.26 Å². The number of nitrogens with zero attached hydrogens (tertiary/aromatic N) is 7. The molecule has 2 aliphatic carbocycles. The zero-order valence-corrected chi connectivity index (χ0v) is 30.2. The zero-order chi connectivity index (χ0) is 40.4. The van der Waals surface area contributed by atoms with Gasteiger partial charge in [-0.2, -0.15) is 18.4 Å². The molecule has 6 aromatic rings. The van der Waals surface area contributed by atoms with Crippen molar-refractivity contribution >= 4 is 56.8 Å². The number of nitrogens with two attached hydrogens (primary N) is 2. The van der Waals surface area contributed by atoms with E-state index in [0.29, 0.717) is 41.7 Å². The van der Waals surface area contributed by atoms with E-state index < -0.39 is 11.7 Å². The van der Waals surface area contributed by atoms with Gasteiger partial charge in [-0.25, -0.2) is 24.7 Å². The third-order valence-electron chi connectivity index (χ3n) is 9.70. The highest BCUT2D eigenvalue weighted by atomic mass is 19.4. The summed E-state index contributed by atoms with van der Waals surface area (Å²) in [6, 6.07) is 11.2. The van der Waals surface area contributed by atoms with Crippen molar-refractivity contribution in [3.8, 4) is 28.6 Å². The maximum atomic E-state index is 13.3. The summed E-state index contributed by atoms with van der Waals surface area (Å²) in [5, 5.41) is 28.8. The molecule has 2 atom stereocenters. The number of aliphatic hydroxyl groups excluding tert-OH is 1. The molecule has 0 radical (unpaired) electrons. The molecule has 0 spiro atoms. The molecule has 18 heteroatoms. The summed E-state index contributed by atoms with van der Waals surface area (Å²) < 4.78 is 40.0. The van der Waals surface area contributed by atoms with Gasteiger partial charge in [0.25, 0.3) is 0 Å². The van der Waals surface area contributed by atoms with Crippen LogP contribution in [0.15, 0.2) is 73.6 Å². The molecular formula is C39H35F3N12O3. The fourth-order valence-corrected chi connectivity index (χ4v) is 6.46. The lowest BCUT2D eigenvalue weighted by Crippen LogP contribution is -2.48. The van der Waals surface area contributed by atoms with Gasteiger partial charge in [0.05, 0.1) is 41.0 Å². The number of nitrogens with one attached hydrogen (secondary N) is 3. The molecule has 8 N–H and O–H groups in total. The molecule has 290 valence electrons. The first kappa shape index (κ1) is 38.3. The van der Waals surface area contributed by atoms with Crippen LogP contribution in [0.1, 0.15) is 37.3 Å². The van der Waals surface area contributed by atoms with Gasteiger partial charge in [0.1, 0.15) is 23.3 Å². The number of halogens is 3. The van der Waals surface area contributed by atoms with E-state index >= 15 is 0 Å². The fourth-order valence-electron chi connectivity index (χ4n) is 6.46. The molecule has 0 unspecified atom stereocenters. The number of nitrogen functional groups attached to an aromatic ring is 2. The standard InChI is InChI=1S/C20H22N6O2.C19H13F3N6O/c1-2-11-3-4-22-9-15(11)17-5-12-6-18(23-10-16(12)19(21)25-17)26-20(28)24-13-7-14(27)8-13;20-19(21,22)14-1-2-25-7-13(14)15-4-9-5-16(26-8-12(9)17(24)27-15)28-18(29)11-3-10(11)6-23/h3-6,9-10,13-14,27H,2,7-8H2,1H3,(H2,21,25)(H2,23,24,26,28);1-2,4-5,7-8,10-11H,3H2,(H2,24,27)(H,26,28,29)/t;10-,11+/m.0/s1. The van der Waals surface area contributed by atoms with Crippen LogP contribution in [0, 0.1) is 23.2 Å². The average molecular weight is 777 g/mol. The minimum absolute atomic E-state index is 0.0000473. The van der Waals surface area contributed by atoms with Crippen LogP contribution < -0.4 is 27.4 Å². The molecule has 2 saturated carbocycles. The summed E-state index contributed by atoms with van der Waals surface area (Å²) in [5.41, 5.74) is 13.8. The lowest BCUT2D eigenvalue weighted by molar-refractivity contribution is -0.137. The van der Waals surface area contributed by atoms with Crippen molar-refractivity contribution in [2.75, 3.05) is 22.1 Å². The van der Waals surface area contributed by atoms with Gasteiger partial charge in [0.15, 0.2) is 0 Å². The molecule has 0 bridgehead atoms. The van der Waals surface area contributed by atoms with Gasteiger partial charge in [-0.1, -0.05) is 6.92 Å². The minimum atomic E-state index is -4.58. The van der Waals surface area contributed by atoms with Gasteiger partial charge in [0, 0.05) is 65.1 Å². The number of aryl methyl sites for hydroxylation is 1. The number of anilines is 4. The van der Waals surface area contributed by atoms with E-state index in [1.165, 1.54) is 18.3 Å². The van der Waals surface area contributed by atoms with Gasteiger partial charge < -0.3 is 27.2 Å². The number of amides is 3. The number of alkyl halides is 3. The minimum Gasteiger partial charge on any atom is -0.393 e. The molecule has 0 aliphatic heterocycles. The Balaban J connectivity index is 0.000000174. The molecule has 3 amide bonds. The van der Waals surface area contributed by atoms with E-state index in [1.54, 1.807) is 24.7 Å². The van der Waals surface area contributed by atoms with Crippen LogP contribution in [-0.4, -0.2) is 59.1 Å². The number of aliphatic hydroxyl groups is 1. The Bertz CT molecular complexity index is 2560. The van der Waals surface area contributed by atoms with E-state index in [4.69, 9.17) is 16.7 Å². The lowest BCUT2D eigenvalue weighted by atomic mass is 9.90. The number of carbonyl (C=O) groups is 2. The second-order valence-electron chi connectivity index (χ2n) is 13.7. The smallest absolute Gasteiger partial charge is 0.393 e. The van der Waals surface area contributed by atoms with Gasteiger partial charge in [0.2, 0.25) is 5.91 Å². The molecular weight excluding hydrogens is 742 g/mol. The van der Waals surface area contributed by atoms with E-state index in [-0.39, 0.29) is 58.8 Å². The number of pyridine rings is 6. The van der Waals surface area contributed by atoms with Gasteiger partial charge >= 0.3 is 12.2 Å². The van der Waals surface area contributed by atoms with Crippen LogP contribution in [0.5, 0.6) is 0 Å². The predicted molar refractivity (Wildman–Crippen MR) is 206 cm³/mol. The fraction of sp³-hybridized carbons (Fsp3) is 0.256. The maximum Gasteiger partial charge on any atom is 0.417 e. The van der Waals surface area contributed by atoms with Crippen LogP contribution in [0.25, 0.3) is 44.1 Å². The topological polar surface area (TPSA) is 244 Å². The summed E-state index contributed by atoms with van der Waals surface area (Å²) in [5.74, 6) is 0.0241. The molecule has 2 aliphatic rings. The number of aromatic nitrogens is 6. The second kappa shape index (κ2) is 15.6. The summed E-state index contributed by atoms with van der Waals surface area (Å²) >= 11 is 0. The summed E-state index contributed by atoms with van der Waals surface area (Å²) in [4.78, 5) is 49.1. The van der Waals surface area contributed by atoms with Gasteiger partial charge in [-0.15, -0.1) is 0 Å². The van der Waals surface area contributed by atoms with Crippen LogP contribution in [0.2, 0.25) is 0 Å². The monoisotopic (exact) mass is 776 g/mol. The van der Waals surface area contributed by atoms with Crippen LogP contribution in [0.3, 0.4) is 0 Å². The maximum absolute atomic E-state index is 13.3. The van der Waals surface area contributed by atoms with Crippen LogP contribution in [0.4, 0.5) is 41.2 Å². The van der Waals surface area contributed by atoms with Crippen molar-refractivity contribution in [2.45, 2.75) is 50.9 Å². The normalized spacial score (nSPS) is 18.4. The molecule has 2 fully saturated rings. The first-order valence-electron chi connectivity index (χ1n) is 17.8. The first-order valence-corrected chi connectivity index (χ1v) is 17.8. The predicted octanol–water partition coefficient (Wildman–Crippen LogP) is 5.87. The Morgan fingerprint density at radius 1 is 0.860 bits per heavy atom. The van der Waals surface area contributed by atoms with E-state index in [2.05, 4.69) is 52.8 Å². The Morgan fingerprint density at radius 2 is 1.44 bits per heavy atom. The summed E-state index contributed by atoms with van der Waals surface area (Å²) in [6.45, 7) is 2.08. The first-order chi connectivity index (χ1) is 27.3. The van der Waals surface area contributed by atoms with Crippen molar-refractivity contribution in [2.24, 2.45) is 11.8 Å². The van der Waals surface area contributed by atoms with Gasteiger partial charge in [-0.05, 0) is 78.4 Å². The number of fused-ring (bicyclic) bond motifs is 2. The number of hydrogen-bond donors (Lipinski definition) is 6. The summed E-state index contributed by atoms with van der Waals surface area (Å²) in [6.07, 6.45) is 6.29. The highest BCUT2D eigenvalue weighted by molar-refractivity contribution is 5.99. The van der Waals surface area contributed by atoms with Crippen LogP contribution >= 0.6 is 0 Å². The Kier molecular flexibility index (Phi) is 10.5. The average Bonchev–Trinajstić information content (AvgIpc) is 3.97. The van der Waals surface area contributed by atoms with Gasteiger partial charge in [-0.3, -0.25) is 20.1 Å². The molecule has 6 aromatic heterocycles. The van der Waals surface area contributed by atoms with E-state index in [0.717, 1.165) is 52.5 Å². The Labute approximate surface area is 322 Å². The molecule has 8 rings (SSSR count). The molecule has 0 saturated heterocycles. The second-order valence-corrected chi connectivity index (χ2v) is 13.7. The van der Waals surface area contributed by atoms with E-state index in [9.17, 15) is 27.9 Å². The molecule has 57 heavy (non-hydrogen) atoms. The summed E-state index contributed by atoms with van der Waals surface area (Å²) in [7, 11) is 0. The van der Waals surface area contributed by atoms with Crippen molar-refractivity contribution < 1.29 is 27.9 Å². The third kappa shape index (κ3) is 8.48. The van der Waals surface area contributed by atoms with Crippen molar-refractivity contribution in [3.63, 3.8) is 0 Å².